The smallest absolute Gasteiger partial charge is 0.258 e. The van der Waals surface area contributed by atoms with E-state index >= 15 is 0 Å². The molecule has 0 bridgehead atoms. The molecule has 0 saturated carbocycles. The molecule has 0 aliphatic rings. The van der Waals surface area contributed by atoms with Crippen LogP contribution in [-0.2, 0) is 0 Å². The standard InChI is InChI=1S/C14H11Cl2FN2O/c1-7-4-3-5-11(8(7)2)18-14(20)9-6-10(17)13(16)19-12(9)15/h3-6H,1-2H3,(H,18,20). The number of carbonyl (C=O) groups is 1. The summed E-state index contributed by atoms with van der Waals surface area (Å²) < 4.78 is 13.4. The molecule has 0 unspecified atom stereocenters. The predicted octanol–water partition coefficient (Wildman–Crippen LogP) is 4.40. The Morgan fingerprint density at radius 2 is 1.95 bits per heavy atom. The summed E-state index contributed by atoms with van der Waals surface area (Å²) in [7, 11) is 0. The Labute approximate surface area is 125 Å². The normalized spacial score (nSPS) is 10.4. The summed E-state index contributed by atoms with van der Waals surface area (Å²) in [5.74, 6) is -1.33. The number of amides is 1. The molecule has 0 aliphatic heterocycles. The number of nitrogens with one attached hydrogen (secondary N) is 1. The molecule has 2 aromatic rings. The molecule has 0 saturated heterocycles. The van der Waals surface area contributed by atoms with Gasteiger partial charge in [0.25, 0.3) is 5.91 Å². The number of aryl methyl sites for hydroxylation is 1. The number of carbonyl (C=O) groups excluding carboxylic acids is 1. The van der Waals surface area contributed by atoms with Gasteiger partial charge >= 0.3 is 0 Å². The van der Waals surface area contributed by atoms with E-state index in [0.717, 1.165) is 17.2 Å². The van der Waals surface area contributed by atoms with Crippen LogP contribution >= 0.6 is 23.2 Å². The lowest BCUT2D eigenvalue weighted by molar-refractivity contribution is 0.102. The molecule has 20 heavy (non-hydrogen) atoms. The van der Waals surface area contributed by atoms with Crippen LogP contribution in [0, 0.1) is 19.7 Å². The summed E-state index contributed by atoms with van der Waals surface area (Å²) in [5.41, 5.74) is 2.55. The number of nitrogens with zero attached hydrogens (tertiary/aromatic N) is 1. The van der Waals surface area contributed by atoms with E-state index in [1.807, 2.05) is 26.0 Å². The number of pyridine rings is 1. The summed E-state index contributed by atoms with van der Waals surface area (Å²) in [6, 6.07) is 6.48. The molecule has 1 heterocycles. The van der Waals surface area contributed by atoms with Gasteiger partial charge < -0.3 is 5.32 Å². The molecule has 1 aromatic carbocycles. The molecule has 1 aromatic heterocycles. The number of halogens is 3. The number of aromatic nitrogens is 1. The molecule has 1 amide bonds. The predicted molar refractivity (Wildman–Crippen MR) is 78.1 cm³/mol. The van der Waals surface area contributed by atoms with Crippen LogP contribution in [0.4, 0.5) is 10.1 Å². The van der Waals surface area contributed by atoms with Crippen molar-refractivity contribution in [2.75, 3.05) is 5.32 Å². The lowest BCUT2D eigenvalue weighted by Gasteiger charge is -2.11. The van der Waals surface area contributed by atoms with E-state index in [4.69, 9.17) is 23.2 Å². The van der Waals surface area contributed by atoms with E-state index in [2.05, 4.69) is 10.3 Å². The third kappa shape index (κ3) is 2.92. The molecular formula is C14H11Cl2FN2O. The minimum Gasteiger partial charge on any atom is -0.322 e. The van der Waals surface area contributed by atoms with Gasteiger partial charge in [-0.1, -0.05) is 35.3 Å². The second kappa shape index (κ2) is 5.77. The third-order valence-corrected chi connectivity index (χ3v) is 3.54. The number of hydrogen-bond acceptors (Lipinski definition) is 2. The fourth-order valence-electron chi connectivity index (χ4n) is 1.68. The molecule has 104 valence electrons. The van der Waals surface area contributed by atoms with Crippen LogP contribution in [0.2, 0.25) is 10.3 Å². The third-order valence-electron chi connectivity index (χ3n) is 2.98. The maximum absolute atomic E-state index is 13.4. The average Bonchev–Trinajstić information content (AvgIpc) is 2.39. The Kier molecular flexibility index (Phi) is 4.26. The van der Waals surface area contributed by atoms with Crippen molar-refractivity contribution in [1.29, 1.82) is 0 Å². The lowest BCUT2D eigenvalue weighted by Crippen LogP contribution is -2.14. The highest BCUT2D eigenvalue weighted by Crippen LogP contribution is 2.23. The van der Waals surface area contributed by atoms with E-state index in [-0.39, 0.29) is 15.9 Å². The van der Waals surface area contributed by atoms with Crippen LogP contribution < -0.4 is 5.32 Å². The van der Waals surface area contributed by atoms with Gasteiger partial charge in [-0.25, -0.2) is 9.37 Å². The molecule has 0 radical (unpaired) electrons. The average molecular weight is 313 g/mol. The quantitative estimate of drug-likeness (QED) is 0.835. The van der Waals surface area contributed by atoms with E-state index in [1.54, 1.807) is 6.07 Å². The Morgan fingerprint density at radius 1 is 1.25 bits per heavy atom. The highest BCUT2D eigenvalue weighted by molar-refractivity contribution is 6.35. The monoisotopic (exact) mass is 312 g/mol. The zero-order chi connectivity index (χ0) is 14.9. The van der Waals surface area contributed by atoms with E-state index in [0.29, 0.717) is 5.69 Å². The first-order valence-electron chi connectivity index (χ1n) is 5.79. The first kappa shape index (κ1) is 14.8. The summed E-state index contributed by atoms with van der Waals surface area (Å²) in [5, 5.41) is 2.18. The Hall–Kier alpha value is -1.65. The van der Waals surface area contributed by atoms with E-state index in [9.17, 15) is 9.18 Å². The van der Waals surface area contributed by atoms with E-state index in [1.165, 1.54) is 0 Å². The minimum absolute atomic E-state index is 0.0607. The van der Waals surface area contributed by atoms with Gasteiger partial charge in [0.1, 0.15) is 5.15 Å². The summed E-state index contributed by atoms with van der Waals surface area (Å²) in [4.78, 5) is 15.7. The van der Waals surface area contributed by atoms with Crippen LogP contribution in [0.5, 0.6) is 0 Å². The second-order valence-corrected chi connectivity index (χ2v) is 5.02. The topological polar surface area (TPSA) is 42.0 Å². The summed E-state index contributed by atoms with van der Waals surface area (Å²) in [6.45, 7) is 3.81. The lowest BCUT2D eigenvalue weighted by atomic mass is 10.1. The highest BCUT2D eigenvalue weighted by atomic mass is 35.5. The van der Waals surface area contributed by atoms with Crippen LogP contribution in [-0.4, -0.2) is 10.9 Å². The highest BCUT2D eigenvalue weighted by Gasteiger charge is 2.16. The van der Waals surface area contributed by atoms with Crippen molar-refractivity contribution >= 4 is 34.8 Å². The van der Waals surface area contributed by atoms with Gasteiger partial charge in [0.15, 0.2) is 11.0 Å². The van der Waals surface area contributed by atoms with Gasteiger partial charge in [-0.3, -0.25) is 4.79 Å². The zero-order valence-corrected chi connectivity index (χ0v) is 12.3. The molecule has 0 spiro atoms. The second-order valence-electron chi connectivity index (χ2n) is 4.30. The first-order valence-corrected chi connectivity index (χ1v) is 6.55. The van der Waals surface area contributed by atoms with Crippen LogP contribution in [0.3, 0.4) is 0 Å². The molecular weight excluding hydrogens is 302 g/mol. The zero-order valence-electron chi connectivity index (χ0n) is 10.8. The number of hydrogen-bond donors (Lipinski definition) is 1. The Bertz CT molecular complexity index is 689. The van der Waals surface area contributed by atoms with Crippen molar-refractivity contribution in [1.82, 2.24) is 4.98 Å². The van der Waals surface area contributed by atoms with Gasteiger partial charge in [-0.2, -0.15) is 0 Å². The summed E-state index contributed by atoms with van der Waals surface area (Å²) in [6.07, 6.45) is 0. The van der Waals surface area contributed by atoms with Crippen molar-refractivity contribution in [3.63, 3.8) is 0 Å². The molecule has 0 fully saturated rings. The first-order chi connectivity index (χ1) is 9.40. The molecule has 0 aliphatic carbocycles. The SMILES string of the molecule is Cc1cccc(NC(=O)c2cc(F)c(Cl)nc2Cl)c1C. The van der Waals surface area contributed by atoms with Gasteiger partial charge in [0, 0.05) is 5.69 Å². The van der Waals surface area contributed by atoms with Gasteiger partial charge in [-0.05, 0) is 37.1 Å². The van der Waals surface area contributed by atoms with Gasteiger partial charge in [0.2, 0.25) is 0 Å². The molecule has 1 N–H and O–H groups in total. The van der Waals surface area contributed by atoms with Crippen molar-refractivity contribution in [3.8, 4) is 0 Å². The molecule has 6 heteroatoms. The van der Waals surface area contributed by atoms with Crippen LogP contribution in [0.15, 0.2) is 24.3 Å². The fraction of sp³-hybridized carbons (Fsp3) is 0.143. The number of rotatable bonds is 2. The van der Waals surface area contributed by atoms with Crippen molar-refractivity contribution in [2.45, 2.75) is 13.8 Å². The molecule has 3 nitrogen and oxygen atoms in total. The summed E-state index contributed by atoms with van der Waals surface area (Å²) >= 11 is 11.3. The number of benzene rings is 1. The van der Waals surface area contributed by atoms with E-state index < -0.39 is 11.7 Å². The van der Waals surface area contributed by atoms with Crippen molar-refractivity contribution in [2.24, 2.45) is 0 Å². The molecule has 0 atom stereocenters. The number of anilines is 1. The van der Waals surface area contributed by atoms with Gasteiger partial charge in [-0.15, -0.1) is 0 Å². The Morgan fingerprint density at radius 3 is 2.65 bits per heavy atom. The van der Waals surface area contributed by atoms with Crippen LogP contribution in [0.1, 0.15) is 21.5 Å². The Balaban J connectivity index is 2.33. The largest absolute Gasteiger partial charge is 0.322 e. The van der Waals surface area contributed by atoms with Crippen molar-refractivity contribution < 1.29 is 9.18 Å². The maximum Gasteiger partial charge on any atom is 0.258 e. The molecule has 2 rings (SSSR count). The van der Waals surface area contributed by atoms with Crippen molar-refractivity contribution in [3.05, 3.63) is 57.1 Å². The van der Waals surface area contributed by atoms with Crippen LogP contribution in [0.25, 0.3) is 0 Å². The van der Waals surface area contributed by atoms with Gasteiger partial charge in [0.05, 0.1) is 5.56 Å². The minimum atomic E-state index is -0.790. The maximum atomic E-state index is 13.4. The fourth-order valence-corrected chi connectivity index (χ4v) is 2.09.